The van der Waals surface area contributed by atoms with Gasteiger partial charge in [0.05, 0.1) is 23.9 Å². The molecule has 0 bridgehead atoms. The second-order valence-corrected chi connectivity index (χ2v) is 10.6. The quantitative estimate of drug-likeness (QED) is 0.368. The lowest BCUT2D eigenvalue weighted by Crippen LogP contribution is -2.59. The number of benzene rings is 1. The zero-order valence-corrected chi connectivity index (χ0v) is 22.1. The van der Waals surface area contributed by atoms with Crippen molar-refractivity contribution in [1.29, 1.82) is 0 Å². The molecule has 3 aliphatic rings. The summed E-state index contributed by atoms with van der Waals surface area (Å²) in [6.45, 7) is 5.49. The maximum atomic E-state index is 14.6. The fourth-order valence-electron chi connectivity index (χ4n) is 5.98. The molecule has 0 radical (unpaired) electrons. The summed E-state index contributed by atoms with van der Waals surface area (Å²) in [5, 5.41) is 13.9. The predicted octanol–water partition coefficient (Wildman–Crippen LogP) is 3.25. The van der Waals surface area contributed by atoms with Crippen molar-refractivity contribution in [2.75, 3.05) is 44.3 Å². The predicted molar refractivity (Wildman–Crippen MR) is 136 cm³/mol. The van der Waals surface area contributed by atoms with Crippen LogP contribution in [-0.4, -0.2) is 84.2 Å². The van der Waals surface area contributed by atoms with Gasteiger partial charge >= 0.3 is 6.36 Å². The van der Waals surface area contributed by atoms with E-state index in [0.29, 0.717) is 57.8 Å². The van der Waals surface area contributed by atoms with Crippen LogP contribution in [0.3, 0.4) is 0 Å². The zero-order chi connectivity index (χ0) is 28.4. The van der Waals surface area contributed by atoms with Crippen molar-refractivity contribution in [2.45, 2.75) is 62.7 Å². The van der Waals surface area contributed by atoms with Crippen LogP contribution in [-0.2, 0) is 9.53 Å². The summed E-state index contributed by atoms with van der Waals surface area (Å²) in [4.78, 5) is 25.5. The molecule has 0 spiro atoms. The Labute approximate surface area is 229 Å². The molecular formula is C27H33F4N5O4. The summed E-state index contributed by atoms with van der Waals surface area (Å²) in [5.41, 5.74) is 1.88. The molecule has 1 aliphatic carbocycles. The molecule has 13 heteroatoms. The fraction of sp³-hybridized carbons (Fsp3) is 0.593. The Morgan fingerprint density at radius 2 is 1.90 bits per heavy atom. The van der Waals surface area contributed by atoms with Crippen molar-refractivity contribution in [3.8, 4) is 5.75 Å². The van der Waals surface area contributed by atoms with Gasteiger partial charge in [0.25, 0.3) is 0 Å². The number of alkyl halides is 3. The molecule has 0 amide bonds. The number of ether oxygens (including phenoxy) is 2. The third kappa shape index (κ3) is 6.22. The van der Waals surface area contributed by atoms with Gasteiger partial charge in [-0.15, -0.1) is 13.2 Å². The number of nitrogens with zero attached hydrogens (tertiary/aromatic N) is 4. The minimum absolute atomic E-state index is 0.0596. The number of rotatable bonds is 8. The minimum atomic E-state index is -5.03. The maximum Gasteiger partial charge on any atom is 0.573 e. The van der Waals surface area contributed by atoms with Crippen LogP contribution >= 0.6 is 0 Å². The van der Waals surface area contributed by atoms with Crippen LogP contribution in [0.15, 0.2) is 24.5 Å². The Morgan fingerprint density at radius 3 is 2.55 bits per heavy atom. The molecule has 218 valence electrons. The first-order chi connectivity index (χ1) is 19.1. The molecular weight excluding hydrogens is 534 g/mol. The number of aliphatic hydroxyl groups is 1. The monoisotopic (exact) mass is 567 g/mol. The van der Waals surface area contributed by atoms with E-state index in [4.69, 9.17) is 4.74 Å². The number of nitrogens with one attached hydrogen (secondary N) is 1. The molecule has 2 saturated heterocycles. The minimum Gasteiger partial charge on any atom is -0.403 e. The molecule has 1 aromatic heterocycles. The van der Waals surface area contributed by atoms with E-state index in [-0.39, 0.29) is 17.5 Å². The lowest BCUT2D eigenvalue weighted by Gasteiger charge is -2.44. The normalized spacial score (nSPS) is 24.0. The molecule has 2 aliphatic heterocycles. The van der Waals surface area contributed by atoms with Crippen LogP contribution in [0.25, 0.3) is 0 Å². The van der Waals surface area contributed by atoms with Gasteiger partial charge in [0.2, 0.25) is 0 Å². The van der Waals surface area contributed by atoms with Gasteiger partial charge in [-0.2, -0.15) is 0 Å². The highest BCUT2D eigenvalue weighted by atomic mass is 19.4. The van der Waals surface area contributed by atoms with E-state index in [0.717, 1.165) is 36.4 Å². The summed E-state index contributed by atoms with van der Waals surface area (Å²) in [5.74, 6) is -2.05. The van der Waals surface area contributed by atoms with Crippen molar-refractivity contribution < 1.29 is 36.9 Å². The summed E-state index contributed by atoms with van der Waals surface area (Å²) in [6.07, 6.45) is -1.90. The first-order valence-electron chi connectivity index (χ1n) is 13.5. The number of aliphatic hydroxyl groups excluding tert-OH is 1. The van der Waals surface area contributed by atoms with Crippen LogP contribution in [0.5, 0.6) is 5.75 Å². The number of piperazine rings is 1. The number of hydrogen-bond acceptors (Lipinski definition) is 9. The topological polar surface area (TPSA) is 100 Å². The zero-order valence-electron chi connectivity index (χ0n) is 22.1. The van der Waals surface area contributed by atoms with Gasteiger partial charge in [-0.25, -0.2) is 14.4 Å². The van der Waals surface area contributed by atoms with Crippen LogP contribution < -0.4 is 15.0 Å². The van der Waals surface area contributed by atoms with Crippen molar-refractivity contribution >= 4 is 12.1 Å². The van der Waals surface area contributed by atoms with Crippen molar-refractivity contribution in [3.05, 3.63) is 47.2 Å². The number of fused-ring (bicyclic) bond motifs is 1. The number of carbonyl (C=O) groups excluding carboxylic acids is 1. The number of aldehydes is 1. The average molecular weight is 568 g/mol. The third-order valence-corrected chi connectivity index (χ3v) is 7.97. The maximum absolute atomic E-state index is 14.6. The SMILES string of the molecule is C[C@@H]1C[C@@H](O)c2ncnc(N3CCN(C(NC4CCOCC4)C(C=O)c4ccc(OC(F)(F)F)c(F)c4)CC3)c21. The van der Waals surface area contributed by atoms with E-state index in [1.54, 1.807) is 0 Å². The molecule has 2 aromatic rings. The standard InChI is InChI=1S/C27H33F4N5O4/c1-16-12-21(38)24-23(16)26(33-15-32-24)36-8-6-35(7-9-36)25(34-18-4-10-39-11-5-18)19(14-37)17-2-3-22(20(28)13-17)40-27(29,30)31/h2-3,13-16,18-19,21,25,34,38H,4-12H2,1H3/t16-,19?,21-,25?/m1/s1. The van der Waals surface area contributed by atoms with E-state index in [1.807, 2.05) is 6.92 Å². The first-order valence-corrected chi connectivity index (χ1v) is 13.5. The van der Waals surface area contributed by atoms with Crippen LogP contribution in [0.2, 0.25) is 0 Å². The molecule has 2 unspecified atom stereocenters. The Hall–Kier alpha value is -2.87. The fourth-order valence-corrected chi connectivity index (χ4v) is 5.98. The summed E-state index contributed by atoms with van der Waals surface area (Å²) in [7, 11) is 0. The van der Waals surface area contributed by atoms with Gasteiger partial charge in [-0.1, -0.05) is 13.0 Å². The number of halogens is 4. The smallest absolute Gasteiger partial charge is 0.403 e. The van der Waals surface area contributed by atoms with Gasteiger partial charge in [-0.3, -0.25) is 10.2 Å². The number of hydrogen-bond donors (Lipinski definition) is 2. The van der Waals surface area contributed by atoms with Crippen molar-refractivity contribution in [3.63, 3.8) is 0 Å². The molecule has 1 aromatic carbocycles. The highest BCUT2D eigenvalue weighted by Crippen LogP contribution is 2.43. The molecule has 2 fully saturated rings. The highest BCUT2D eigenvalue weighted by Gasteiger charge is 2.37. The number of anilines is 1. The van der Waals surface area contributed by atoms with Gasteiger partial charge < -0.3 is 24.3 Å². The van der Waals surface area contributed by atoms with Crippen molar-refractivity contribution in [2.24, 2.45) is 0 Å². The lowest BCUT2D eigenvalue weighted by atomic mass is 9.94. The molecule has 0 saturated carbocycles. The largest absolute Gasteiger partial charge is 0.573 e. The molecule has 5 rings (SSSR count). The van der Waals surface area contributed by atoms with Gasteiger partial charge in [-0.05, 0) is 42.9 Å². The Kier molecular flexibility index (Phi) is 8.55. The van der Waals surface area contributed by atoms with Gasteiger partial charge in [0, 0.05) is 51.0 Å². The summed E-state index contributed by atoms with van der Waals surface area (Å²) >= 11 is 0. The average Bonchev–Trinajstić information content (AvgIpc) is 3.23. The second-order valence-electron chi connectivity index (χ2n) is 10.6. The molecule has 4 atom stereocenters. The highest BCUT2D eigenvalue weighted by molar-refractivity contribution is 5.64. The molecule has 9 nitrogen and oxygen atoms in total. The van der Waals surface area contributed by atoms with E-state index >= 15 is 0 Å². The van der Waals surface area contributed by atoms with Crippen molar-refractivity contribution in [1.82, 2.24) is 20.2 Å². The van der Waals surface area contributed by atoms with Crippen LogP contribution in [0.1, 0.15) is 60.9 Å². The van der Waals surface area contributed by atoms with E-state index in [1.165, 1.54) is 12.4 Å². The summed E-state index contributed by atoms with van der Waals surface area (Å²) < 4.78 is 61.8. The van der Waals surface area contributed by atoms with Gasteiger partial charge in [0.1, 0.15) is 18.4 Å². The molecule has 3 heterocycles. The van der Waals surface area contributed by atoms with E-state index in [2.05, 4.69) is 29.8 Å². The Balaban J connectivity index is 1.36. The first kappa shape index (κ1) is 28.7. The second kappa shape index (κ2) is 11.9. The summed E-state index contributed by atoms with van der Waals surface area (Å²) in [6, 6.07) is 3.20. The lowest BCUT2D eigenvalue weighted by molar-refractivity contribution is -0.275. The molecule has 2 N–H and O–H groups in total. The van der Waals surface area contributed by atoms with E-state index < -0.39 is 36.1 Å². The van der Waals surface area contributed by atoms with Crippen LogP contribution in [0.4, 0.5) is 23.4 Å². The Morgan fingerprint density at radius 1 is 1.18 bits per heavy atom. The third-order valence-electron chi connectivity index (χ3n) is 7.97. The Bertz CT molecular complexity index is 1190. The van der Waals surface area contributed by atoms with E-state index in [9.17, 15) is 27.5 Å². The number of aromatic nitrogens is 2. The number of carbonyl (C=O) groups is 1. The molecule has 40 heavy (non-hydrogen) atoms. The van der Waals surface area contributed by atoms with Crippen LogP contribution in [0, 0.1) is 5.82 Å². The van der Waals surface area contributed by atoms with Gasteiger partial charge in [0.15, 0.2) is 11.6 Å².